The van der Waals surface area contributed by atoms with E-state index >= 15 is 0 Å². The number of para-hydroxylation sites is 1. The minimum atomic E-state index is 0.849. The Balaban J connectivity index is 2.08. The van der Waals surface area contributed by atoms with E-state index in [1.165, 1.54) is 22.1 Å². The number of anilines is 1. The lowest BCUT2D eigenvalue weighted by molar-refractivity contribution is 1.16. The number of rotatable bonds is 0. The molecule has 1 aromatic carbocycles. The van der Waals surface area contributed by atoms with Crippen LogP contribution in [-0.2, 0) is 6.42 Å². The molecule has 2 heteroatoms. The van der Waals surface area contributed by atoms with Gasteiger partial charge in [-0.05, 0) is 29.3 Å². The van der Waals surface area contributed by atoms with E-state index in [0.29, 0.717) is 0 Å². The molecule has 3 rings (SSSR count). The fourth-order valence-electron chi connectivity index (χ4n) is 1.87. The van der Waals surface area contributed by atoms with Gasteiger partial charge in [0.05, 0.1) is 9.13 Å². The Labute approximate surface area is 85.6 Å². The van der Waals surface area contributed by atoms with Gasteiger partial charge < -0.3 is 5.32 Å². The predicted molar refractivity (Wildman–Crippen MR) is 61.8 cm³/mol. The van der Waals surface area contributed by atoms with Crippen LogP contribution in [0, 0.1) is 0 Å². The van der Waals surface area contributed by atoms with Gasteiger partial charge in [-0.2, -0.15) is 0 Å². The lowest BCUT2D eigenvalue weighted by atomic mass is 10.0. The van der Waals surface area contributed by atoms with Crippen molar-refractivity contribution in [2.75, 3.05) is 5.32 Å². The maximum absolute atomic E-state index is 3.48. The molecular weight excluding hydrogens is 186 g/mol. The maximum Gasteiger partial charge on any atom is 0.0573 e. The van der Waals surface area contributed by atoms with Crippen LogP contribution in [0.3, 0.4) is 0 Å². The molecule has 0 amide bonds. The molecule has 14 heavy (non-hydrogen) atoms. The fourth-order valence-corrected chi connectivity index (χ4v) is 2.85. The highest BCUT2D eigenvalue weighted by Crippen LogP contribution is 2.27. The highest BCUT2D eigenvalue weighted by atomic mass is 28.2. The van der Waals surface area contributed by atoms with E-state index in [-0.39, 0.29) is 0 Å². The quantitative estimate of drug-likeness (QED) is 0.625. The van der Waals surface area contributed by atoms with Crippen LogP contribution in [0.5, 0.6) is 0 Å². The third-order valence-corrected chi connectivity index (χ3v) is 3.75. The first kappa shape index (κ1) is 7.94. The molecule has 0 bridgehead atoms. The summed E-state index contributed by atoms with van der Waals surface area (Å²) in [6.07, 6.45) is 5.41. The van der Waals surface area contributed by atoms with Gasteiger partial charge in [-0.1, -0.05) is 29.9 Å². The van der Waals surface area contributed by atoms with Crippen molar-refractivity contribution in [1.82, 2.24) is 0 Å². The molecular formula is C12H10NSi. The number of hydrogen-bond donors (Lipinski definition) is 1. The fraction of sp³-hybridized carbons (Fsp3) is 0.0833. The highest BCUT2D eigenvalue weighted by molar-refractivity contribution is 6.57. The molecule has 2 aliphatic heterocycles. The van der Waals surface area contributed by atoms with Crippen molar-refractivity contribution in [2.45, 2.75) is 6.42 Å². The largest absolute Gasteiger partial charge is 0.355 e. The first-order valence-electron chi connectivity index (χ1n) is 4.78. The van der Waals surface area contributed by atoms with Crippen molar-refractivity contribution >= 4 is 20.5 Å². The van der Waals surface area contributed by atoms with Gasteiger partial charge in [0.2, 0.25) is 0 Å². The summed E-state index contributed by atoms with van der Waals surface area (Å²) in [6, 6.07) is 8.54. The normalized spacial score (nSPS) is 17.4. The van der Waals surface area contributed by atoms with Crippen molar-refractivity contribution in [3.8, 4) is 0 Å². The van der Waals surface area contributed by atoms with Crippen molar-refractivity contribution < 1.29 is 0 Å². The minimum Gasteiger partial charge on any atom is -0.355 e. The van der Waals surface area contributed by atoms with Crippen LogP contribution in [0.25, 0.3) is 0 Å². The number of hydrogen-bond acceptors (Lipinski definition) is 1. The van der Waals surface area contributed by atoms with Gasteiger partial charge in [-0.15, -0.1) is 0 Å². The summed E-state index contributed by atoms with van der Waals surface area (Å²) >= 11 is 0. The van der Waals surface area contributed by atoms with E-state index in [2.05, 4.69) is 47.4 Å². The van der Waals surface area contributed by atoms with Crippen molar-refractivity contribution in [3.63, 3.8) is 0 Å². The van der Waals surface area contributed by atoms with Gasteiger partial charge in [0.15, 0.2) is 0 Å². The van der Waals surface area contributed by atoms with Crippen LogP contribution in [-0.4, -0.2) is 14.8 Å². The Bertz CT molecular complexity index is 426. The van der Waals surface area contributed by atoms with Crippen LogP contribution < -0.4 is 5.32 Å². The van der Waals surface area contributed by atoms with Gasteiger partial charge in [-0.25, -0.2) is 0 Å². The average molecular weight is 196 g/mol. The Morgan fingerprint density at radius 3 is 3.14 bits per heavy atom. The monoisotopic (exact) mass is 196 g/mol. The minimum absolute atomic E-state index is 0.849. The van der Waals surface area contributed by atoms with Crippen LogP contribution in [0.1, 0.15) is 5.56 Å². The first-order chi connectivity index (χ1) is 6.93. The standard InChI is InChI=1S/C12H10NSi/c1-2-5-10-9(4-1)8-12-11(13-10)6-3-7-14-12/h1-7,13H,8H2. The second kappa shape index (κ2) is 3.06. The molecule has 2 heterocycles. The van der Waals surface area contributed by atoms with Gasteiger partial charge in [-0.3, -0.25) is 0 Å². The first-order valence-corrected chi connectivity index (χ1v) is 5.86. The molecule has 0 aromatic heterocycles. The SMILES string of the molecule is C1=CC2=C(Cc3ccccc3N2)[Si]=C1. The molecule has 1 aromatic rings. The van der Waals surface area contributed by atoms with Crippen molar-refractivity contribution in [1.29, 1.82) is 0 Å². The molecule has 0 atom stereocenters. The zero-order valence-corrected chi connectivity index (χ0v) is 8.75. The molecule has 0 aliphatic carbocycles. The molecule has 0 spiro atoms. The molecule has 2 aliphatic rings. The Hall–Kier alpha value is -1.41. The second-order valence-corrected chi connectivity index (χ2v) is 4.75. The molecule has 0 saturated heterocycles. The van der Waals surface area contributed by atoms with E-state index in [1.54, 1.807) is 0 Å². The second-order valence-electron chi connectivity index (χ2n) is 3.52. The predicted octanol–water partition coefficient (Wildman–Crippen LogP) is 1.94. The molecule has 0 unspecified atom stereocenters. The molecule has 0 saturated carbocycles. The van der Waals surface area contributed by atoms with Gasteiger partial charge in [0.25, 0.3) is 0 Å². The Morgan fingerprint density at radius 1 is 1.21 bits per heavy atom. The highest BCUT2D eigenvalue weighted by Gasteiger charge is 2.14. The summed E-state index contributed by atoms with van der Waals surface area (Å²) in [5, 5.41) is 5.01. The number of nitrogens with one attached hydrogen (secondary N) is 1. The van der Waals surface area contributed by atoms with E-state index in [1.807, 2.05) is 0 Å². The van der Waals surface area contributed by atoms with Gasteiger partial charge in [0, 0.05) is 11.4 Å². The lowest BCUT2D eigenvalue weighted by Crippen LogP contribution is -2.15. The Morgan fingerprint density at radius 2 is 2.14 bits per heavy atom. The average Bonchev–Trinajstić information content (AvgIpc) is 2.26. The maximum atomic E-state index is 3.48. The summed E-state index contributed by atoms with van der Waals surface area (Å²) < 4.78 is 0. The van der Waals surface area contributed by atoms with Crippen molar-refractivity contribution in [2.24, 2.45) is 0 Å². The van der Waals surface area contributed by atoms with Crippen LogP contribution >= 0.6 is 0 Å². The van der Waals surface area contributed by atoms with E-state index in [0.717, 1.165) is 15.6 Å². The lowest BCUT2D eigenvalue weighted by Gasteiger charge is -2.22. The molecule has 1 radical (unpaired) electrons. The summed E-state index contributed by atoms with van der Waals surface area (Å²) in [5.74, 6) is 0. The summed E-state index contributed by atoms with van der Waals surface area (Å²) in [4.78, 5) is 0. The van der Waals surface area contributed by atoms with Crippen LogP contribution in [0.2, 0.25) is 0 Å². The van der Waals surface area contributed by atoms with E-state index < -0.39 is 0 Å². The third-order valence-electron chi connectivity index (χ3n) is 2.60. The van der Waals surface area contributed by atoms with Crippen LogP contribution in [0.4, 0.5) is 5.69 Å². The Kier molecular flexibility index (Phi) is 1.74. The zero-order valence-electron chi connectivity index (χ0n) is 7.75. The third kappa shape index (κ3) is 1.19. The van der Waals surface area contributed by atoms with Gasteiger partial charge in [0.1, 0.15) is 0 Å². The zero-order chi connectivity index (χ0) is 9.38. The van der Waals surface area contributed by atoms with E-state index in [9.17, 15) is 0 Å². The molecule has 67 valence electrons. The van der Waals surface area contributed by atoms with E-state index in [4.69, 9.17) is 0 Å². The molecule has 1 nitrogen and oxygen atoms in total. The summed E-state index contributed by atoms with van der Waals surface area (Å²) in [7, 11) is 0.849. The topological polar surface area (TPSA) is 12.0 Å². The molecule has 1 N–H and O–H groups in total. The molecule has 0 fully saturated rings. The summed E-state index contributed by atoms with van der Waals surface area (Å²) in [6.45, 7) is 0. The number of allylic oxidation sites excluding steroid dienone is 3. The number of benzene rings is 1. The smallest absolute Gasteiger partial charge is 0.0573 e. The number of fused-ring (bicyclic) bond motifs is 1. The van der Waals surface area contributed by atoms with Crippen LogP contribution in [0.15, 0.2) is 47.3 Å². The summed E-state index contributed by atoms with van der Waals surface area (Å²) in [5.41, 5.74) is 6.24. The van der Waals surface area contributed by atoms with Crippen molar-refractivity contribution in [3.05, 3.63) is 52.9 Å². The van der Waals surface area contributed by atoms with Gasteiger partial charge >= 0.3 is 0 Å².